The van der Waals surface area contributed by atoms with Crippen LogP contribution in [0.15, 0.2) is 0 Å². The molecule has 1 fully saturated rings. The first-order valence-corrected chi connectivity index (χ1v) is 5.48. The number of rotatable bonds is 9. The van der Waals surface area contributed by atoms with Gasteiger partial charge in [-0.15, -0.1) is 12.4 Å². The molecule has 0 aromatic carbocycles. The van der Waals surface area contributed by atoms with E-state index in [2.05, 4.69) is 4.90 Å². The molecule has 0 aromatic heterocycles. The molecule has 0 heterocycles. The van der Waals surface area contributed by atoms with Gasteiger partial charge in [-0.2, -0.15) is 0 Å². The average molecular weight is 239 g/mol. The molecule has 0 bridgehead atoms. The van der Waals surface area contributed by atoms with Crippen LogP contribution in [0.25, 0.3) is 0 Å². The van der Waals surface area contributed by atoms with Gasteiger partial charge in [0.2, 0.25) is 0 Å². The van der Waals surface area contributed by atoms with Crippen molar-refractivity contribution in [2.45, 2.75) is 12.8 Å². The summed E-state index contributed by atoms with van der Waals surface area (Å²) in [7, 11) is 0. The van der Waals surface area contributed by atoms with Crippen molar-refractivity contribution in [3.63, 3.8) is 0 Å². The van der Waals surface area contributed by atoms with Crippen LogP contribution in [0.2, 0.25) is 0 Å². The quantitative estimate of drug-likeness (QED) is 0.559. The van der Waals surface area contributed by atoms with Gasteiger partial charge in [-0.1, -0.05) is 0 Å². The Morgan fingerprint density at radius 1 is 1.27 bits per heavy atom. The molecule has 1 aliphatic rings. The maximum atomic E-state index is 8.79. The van der Waals surface area contributed by atoms with Crippen molar-refractivity contribution in [3.05, 3.63) is 0 Å². The molecule has 92 valence electrons. The lowest BCUT2D eigenvalue weighted by Gasteiger charge is -2.19. The molecule has 15 heavy (non-hydrogen) atoms. The second-order valence-electron chi connectivity index (χ2n) is 3.87. The fraction of sp³-hybridized carbons (Fsp3) is 1.00. The predicted octanol–water partition coefficient (Wildman–Crippen LogP) is 0.0878. The molecule has 0 amide bonds. The van der Waals surface area contributed by atoms with E-state index in [0.717, 1.165) is 32.2 Å². The normalized spacial score (nSPS) is 15.4. The highest BCUT2D eigenvalue weighted by Crippen LogP contribution is 2.28. The monoisotopic (exact) mass is 238 g/mol. The van der Waals surface area contributed by atoms with Gasteiger partial charge in [-0.25, -0.2) is 0 Å². The van der Waals surface area contributed by atoms with Gasteiger partial charge in [0.1, 0.15) is 0 Å². The van der Waals surface area contributed by atoms with E-state index in [4.69, 9.17) is 15.6 Å². The minimum Gasteiger partial charge on any atom is -0.395 e. The van der Waals surface area contributed by atoms with Gasteiger partial charge >= 0.3 is 0 Å². The minimum atomic E-state index is 0. The number of hydrogen-bond donors (Lipinski definition) is 2. The maximum absolute atomic E-state index is 8.79. The highest BCUT2D eigenvalue weighted by molar-refractivity contribution is 5.85. The second-order valence-corrected chi connectivity index (χ2v) is 3.87. The first kappa shape index (κ1) is 15.1. The third-order valence-electron chi connectivity index (χ3n) is 2.46. The fourth-order valence-electron chi connectivity index (χ4n) is 1.39. The zero-order chi connectivity index (χ0) is 10.2. The molecule has 5 heteroatoms. The number of aliphatic hydroxyl groups excluding tert-OH is 1. The Kier molecular flexibility index (Phi) is 9.44. The van der Waals surface area contributed by atoms with E-state index >= 15 is 0 Å². The van der Waals surface area contributed by atoms with Crippen molar-refractivity contribution in [2.24, 2.45) is 11.7 Å². The molecular formula is C10H23ClN2O2. The zero-order valence-corrected chi connectivity index (χ0v) is 10.0. The summed E-state index contributed by atoms with van der Waals surface area (Å²) in [5.41, 5.74) is 5.46. The topological polar surface area (TPSA) is 58.7 Å². The summed E-state index contributed by atoms with van der Waals surface area (Å²) in [4.78, 5) is 2.13. The van der Waals surface area contributed by atoms with Gasteiger partial charge in [-0.05, 0) is 18.8 Å². The average Bonchev–Trinajstić information content (AvgIpc) is 2.96. The second kappa shape index (κ2) is 9.36. The van der Waals surface area contributed by atoms with Crippen LogP contribution < -0.4 is 5.73 Å². The third kappa shape index (κ3) is 7.99. The van der Waals surface area contributed by atoms with Crippen molar-refractivity contribution >= 4 is 12.4 Å². The zero-order valence-electron chi connectivity index (χ0n) is 9.23. The Labute approximate surface area is 98.2 Å². The molecule has 0 radical (unpaired) electrons. The van der Waals surface area contributed by atoms with E-state index in [1.807, 2.05) is 0 Å². The summed E-state index contributed by atoms with van der Waals surface area (Å²) in [6, 6.07) is 0. The van der Waals surface area contributed by atoms with Gasteiger partial charge in [0.15, 0.2) is 0 Å². The summed E-state index contributed by atoms with van der Waals surface area (Å²) in [5.74, 6) is 0.829. The molecule has 1 rings (SSSR count). The molecule has 3 N–H and O–H groups in total. The van der Waals surface area contributed by atoms with E-state index in [-0.39, 0.29) is 19.0 Å². The molecule has 0 spiro atoms. The van der Waals surface area contributed by atoms with Crippen molar-refractivity contribution in [2.75, 3.05) is 46.0 Å². The Bertz CT molecular complexity index is 139. The van der Waals surface area contributed by atoms with E-state index in [0.29, 0.717) is 13.1 Å². The number of nitrogens with two attached hydrogens (primary N) is 1. The van der Waals surface area contributed by atoms with Crippen molar-refractivity contribution in [3.8, 4) is 0 Å². The van der Waals surface area contributed by atoms with Crippen LogP contribution in [0.4, 0.5) is 0 Å². The summed E-state index contributed by atoms with van der Waals surface area (Å²) >= 11 is 0. The van der Waals surface area contributed by atoms with Crippen molar-refractivity contribution in [1.82, 2.24) is 4.90 Å². The standard InChI is InChI=1S/C10H22N2O2.ClH/c11-3-4-12(5-7-13)6-8-14-9-10-1-2-10;/h10,13H,1-9,11H2;1H. The van der Waals surface area contributed by atoms with Crippen LogP contribution in [0, 0.1) is 5.92 Å². The Morgan fingerprint density at radius 3 is 2.53 bits per heavy atom. The van der Waals surface area contributed by atoms with E-state index in [1.54, 1.807) is 0 Å². The smallest absolute Gasteiger partial charge is 0.0593 e. The van der Waals surface area contributed by atoms with E-state index < -0.39 is 0 Å². The number of aliphatic hydroxyl groups is 1. The Balaban J connectivity index is 0.00000196. The number of ether oxygens (including phenoxy) is 1. The lowest BCUT2D eigenvalue weighted by atomic mass is 10.4. The third-order valence-corrected chi connectivity index (χ3v) is 2.46. The molecule has 1 saturated carbocycles. The van der Waals surface area contributed by atoms with Crippen LogP contribution in [0.3, 0.4) is 0 Å². The van der Waals surface area contributed by atoms with Gasteiger partial charge in [0, 0.05) is 32.8 Å². The summed E-state index contributed by atoms with van der Waals surface area (Å²) < 4.78 is 5.52. The predicted molar refractivity (Wildman–Crippen MR) is 63.4 cm³/mol. The lowest BCUT2D eigenvalue weighted by Crippen LogP contribution is -2.34. The fourth-order valence-corrected chi connectivity index (χ4v) is 1.39. The highest BCUT2D eigenvalue weighted by Gasteiger charge is 2.20. The molecule has 0 atom stereocenters. The first-order chi connectivity index (χ1) is 6.86. The SMILES string of the molecule is Cl.NCCN(CCO)CCOCC1CC1. The molecule has 0 saturated heterocycles. The lowest BCUT2D eigenvalue weighted by molar-refractivity contribution is 0.0903. The Hall–Kier alpha value is 0.130. The molecule has 0 aliphatic heterocycles. The first-order valence-electron chi connectivity index (χ1n) is 5.48. The van der Waals surface area contributed by atoms with Crippen LogP contribution in [-0.4, -0.2) is 56.0 Å². The van der Waals surface area contributed by atoms with Crippen molar-refractivity contribution < 1.29 is 9.84 Å². The van der Waals surface area contributed by atoms with Gasteiger partial charge in [-0.3, -0.25) is 4.90 Å². The molecular weight excluding hydrogens is 216 g/mol. The number of nitrogens with zero attached hydrogens (tertiary/aromatic N) is 1. The van der Waals surface area contributed by atoms with Crippen molar-refractivity contribution in [1.29, 1.82) is 0 Å². The van der Waals surface area contributed by atoms with Gasteiger partial charge in [0.25, 0.3) is 0 Å². The van der Waals surface area contributed by atoms with E-state index in [1.165, 1.54) is 12.8 Å². The van der Waals surface area contributed by atoms with Gasteiger partial charge < -0.3 is 15.6 Å². The highest BCUT2D eigenvalue weighted by atomic mass is 35.5. The molecule has 0 unspecified atom stereocenters. The van der Waals surface area contributed by atoms with Crippen LogP contribution >= 0.6 is 12.4 Å². The van der Waals surface area contributed by atoms with Crippen LogP contribution in [0.1, 0.15) is 12.8 Å². The summed E-state index contributed by atoms with van der Waals surface area (Å²) in [6.07, 6.45) is 2.67. The molecule has 0 aromatic rings. The summed E-state index contributed by atoms with van der Waals surface area (Å²) in [5, 5.41) is 8.79. The van der Waals surface area contributed by atoms with Crippen LogP contribution in [-0.2, 0) is 4.74 Å². The van der Waals surface area contributed by atoms with Gasteiger partial charge in [0.05, 0.1) is 13.2 Å². The number of halogens is 1. The Morgan fingerprint density at radius 2 is 2.00 bits per heavy atom. The number of hydrogen-bond acceptors (Lipinski definition) is 4. The minimum absolute atomic E-state index is 0. The molecule has 4 nitrogen and oxygen atoms in total. The van der Waals surface area contributed by atoms with E-state index in [9.17, 15) is 0 Å². The van der Waals surface area contributed by atoms with Crippen LogP contribution in [0.5, 0.6) is 0 Å². The summed E-state index contributed by atoms with van der Waals surface area (Å²) in [6.45, 7) is 4.93. The molecule has 1 aliphatic carbocycles. The largest absolute Gasteiger partial charge is 0.395 e. The maximum Gasteiger partial charge on any atom is 0.0593 e.